The van der Waals surface area contributed by atoms with E-state index in [0.29, 0.717) is 15.6 Å². The number of halogens is 2. The molecule has 0 amide bonds. The van der Waals surface area contributed by atoms with Gasteiger partial charge < -0.3 is 10.6 Å². The molecule has 2 aromatic rings. The molecule has 6 nitrogen and oxygen atoms in total. The normalized spacial score (nSPS) is 14.7. The molecule has 1 saturated heterocycles. The summed E-state index contributed by atoms with van der Waals surface area (Å²) in [6.45, 7) is 4.29. The Morgan fingerprint density at radius 2 is 1.93 bits per heavy atom. The van der Waals surface area contributed by atoms with E-state index in [9.17, 15) is 5.26 Å². The number of nitriles is 1. The summed E-state index contributed by atoms with van der Waals surface area (Å²) in [4.78, 5) is 4.60. The first-order valence-electron chi connectivity index (χ1n) is 9.00. The van der Waals surface area contributed by atoms with Gasteiger partial charge in [-0.15, -0.1) is 0 Å². The minimum absolute atomic E-state index is 0.0946. The van der Waals surface area contributed by atoms with Crippen LogP contribution < -0.4 is 16.1 Å². The molecule has 0 unspecified atom stereocenters. The smallest absolute Gasteiger partial charge is 0.184 e. The van der Waals surface area contributed by atoms with Crippen LogP contribution in [0, 0.1) is 11.3 Å². The average Bonchev–Trinajstić information content (AvgIpc) is 2.71. The number of nitrogens with two attached hydrogens (primary N) is 1. The Bertz CT molecular complexity index is 964. The molecule has 1 aliphatic heterocycles. The molecule has 9 heteroatoms. The van der Waals surface area contributed by atoms with Gasteiger partial charge in [0, 0.05) is 32.7 Å². The highest BCUT2D eigenvalue weighted by molar-refractivity contribution is 7.80. The fourth-order valence-electron chi connectivity index (χ4n) is 3.21. The number of piperazine rings is 1. The summed E-state index contributed by atoms with van der Waals surface area (Å²) in [5.41, 5.74) is 11.3. The van der Waals surface area contributed by atoms with Crippen LogP contribution in [0.2, 0.25) is 10.0 Å². The van der Waals surface area contributed by atoms with Gasteiger partial charge in [0.25, 0.3) is 0 Å². The second kappa shape index (κ2) is 9.90. The van der Waals surface area contributed by atoms with E-state index >= 15 is 0 Å². The predicted molar refractivity (Wildman–Crippen MR) is 123 cm³/mol. The van der Waals surface area contributed by atoms with E-state index in [0.717, 1.165) is 49.5 Å². The van der Waals surface area contributed by atoms with Crippen LogP contribution in [0.5, 0.6) is 0 Å². The van der Waals surface area contributed by atoms with Crippen LogP contribution in [-0.4, -0.2) is 42.4 Å². The number of hydrogen-bond donors (Lipinski definition) is 2. The number of benzene rings is 2. The highest BCUT2D eigenvalue weighted by Gasteiger charge is 2.19. The number of nitrogens with zero attached hydrogens (tertiary/aromatic N) is 4. The van der Waals surface area contributed by atoms with Crippen molar-refractivity contribution in [1.82, 2.24) is 10.3 Å². The summed E-state index contributed by atoms with van der Waals surface area (Å²) in [5.74, 6) is 0. The van der Waals surface area contributed by atoms with Gasteiger partial charge in [0.2, 0.25) is 0 Å². The molecule has 3 N–H and O–H groups in total. The molecule has 0 atom stereocenters. The topological polar surface area (TPSA) is 80.7 Å². The van der Waals surface area contributed by atoms with Crippen LogP contribution in [0.25, 0.3) is 0 Å². The molecule has 0 radical (unpaired) electrons. The zero-order valence-electron chi connectivity index (χ0n) is 15.6. The zero-order valence-corrected chi connectivity index (χ0v) is 17.9. The van der Waals surface area contributed by atoms with Crippen LogP contribution in [0.3, 0.4) is 0 Å². The Balaban J connectivity index is 1.62. The number of thiocarbonyl (C=S) groups is 1. The Hall–Kier alpha value is -2.37. The van der Waals surface area contributed by atoms with Crippen molar-refractivity contribution in [2.24, 2.45) is 10.8 Å². The monoisotopic (exact) mass is 446 g/mol. The van der Waals surface area contributed by atoms with Crippen molar-refractivity contribution in [1.29, 1.82) is 5.26 Å². The van der Waals surface area contributed by atoms with E-state index in [1.54, 1.807) is 6.21 Å². The van der Waals surface area contributed by atoms with E-state index in [1.165, 1.54) is 0 Å². The Kier molecular flexibility index (Phi) is 7.29. The van der Waals surface area contributed by atoms with E-state index < -0.39 is 0 Å². The standard InChI is InChI=1S/C20H20Cl2N6S/c21-17-3-1-15(10-18(17)22)13-27-5-7-28(8-6-27)19-4-2-14(9-16(19)11-23)12-25-26-20(24)29/h1-4,9-10,12H,5-8,13H2,(H3,24,26,29). The molecule has 3 rings (SSSR count). The minimum atomic E-state index is 0.0946. The quantitative estimate of drug-likeness (QED) is 0.416. The third-order valence-corrected chi connectivity index (χ3v) is 5.46. The van der Waals surface area contributed by atoms with Gasteiger partial charge in [-0.05, 0) is 47.6 Å². The van der Waals surface area contributed by atoms with Crippen molar-refractivity contribution in [3.05, 3.63) is 63.1 Å². The van der Waals surface area contributed by atoms with Gasteiger partial charge in [0.15, 0.2) is 5.11 Å². The summed E-state index contributed by atoms with van der Waals surface area (Å²) >= 11 is 16.8. The lowest BCUT2D eigenvalue weighted by molar-refractivity contribution is 0.250. The minimum Gasteiger partial charge on any atom is -0.375 e. The fraction of sp³-hybridized carbons (Fsp3) is 0.250. The first-order chi connectivity index (χ1) is 14.0. The number of anilines is 1. The molecule has 1 aliphatic rings. The second-order valence-corrected chi connectivity index (χ2v) is 7.89. The first kappa shape index (κ1) is 21.3. The van der Waals surface area contributed by atoms with Gasteiger partial charge in [0.05, 0.1) is 27.5 Å². The molecule has 150 valence electrons. The lowest BCUT2D eigenvalue weighted by atomic mass is 10.1. The van der Waals surface area contributed by atoms with Crippen molar-refractivity contribution < 1.29 is 0 Å². The second-order valence-electron chi connectivity index (χ2n) is 6.63. The van der Waals surface area contributed by atoms with E-state index in [1.807, 2.05) is 36.4 Å². The maximum atomic E-state index is 9.57. The molecule has 0 bridgehead atoms. The van der Waals surface area contributed by atoms with Crippen LogP contribution in [0.4, 0.5) is 5.69 Å². The summed E-state index contributed by atoms with van der Waals surface area (Å²) in [6, 6.07) is 13.7. The molecule has 1 fully saturated rings. The average molecular weight is 447 g/mol. The molecule has 0 aliphatic carbocycles. The predicted octanol–water partition coefficient (Wildman–Crippen LogP) is 3.35. The lowest BCUT2D eigenvalue weighted by Crippen LogP contribution is -2.46. The third-order valence-electron chi connectivity index (χ3n) is 4.63. The van der Waals surface area contributed by atoms with Crippen molar-refractivity contribution in [2.75, 3.05) is 31.1 Å². The summed E-state index contributed by atoms with van der Waals surface area (Å²) in [6.07, 6.45) is 1.58. The third kappa shape index (κ3) is 5.81. The Morgan fingerprint density at radius 1 is 1.17 bits per heavy atom. The summed E-state index contributed by atoms with van der Waals surface area (Å²) in [5, 5.41) is 14.7. The summed E-state index contributed by atoms with van der Waals surface area (Å²) in [7, 11) is 0. The molecule has 2 aromatic carbocycles. The fourth-order valence-corrected chi connectivity index (χ4v) is 3.59. The molecular formula is C20H20Cl2N6S. The molecule has 29 heavy (non-hydrogen) atoms. The molecule has 0 aromatic heterocycles. The van der Waals surface area contributed by atoms with Crippen LogP contribution in [0.1, 0.15) is 16.7 Å². The van der Waals surface area contributed by atoms with Gasteiger partial charge in [-0.2, -0.15) is 10.4 Å². The maximum absolute atomic E-state index is 9.57. The van der Waals surface area contributed by atoms with Crippen LogP contribution in [-0.2, 0) is 6.54 Å². The Morgan fingerprint density at radius 3 is 2.59 bits per heavy atom. The highest BCUT2D eigenvalue weighted by Crippen LogP contribution is 2.25. The van der Waals surface area contributed by atoms with Gasteiger partial charge in [0.1, 0.15) is 6.07 Å². The largest absolute Gasteiger partial charge is 0.375 e. The van der Waals surface area contributed by atoms with E-state index in [2.05, 4.69) is 26.4 Å². The van der Waals surface area contributed by atoms with Gasteiger partial charge in [-0.1, -0.05) is 35.3 Å². The molecule has 0 saturated carbocycles. The van der Waals surface area contributed by atoms with Gasteiger partial charge >= 0.3 is 0 Å². The van der Waals surface area contributed by atoms with Crippen LogP contribution in [0.15, 0.2) is 41.5 Å². The van der Waals surface area contributed by atoms with Crippen molar-refractivity contribution >= 4 is 52.4 Å². The van der Waals surface area contributed by atoms with Crippen molar-refractivity contribution in [2.45, 2.75) is 6.54 Å². The van der Waals surface area contributed by atoms with E-state index in [-0.39, 0.29) is 5.11 Å². The number of nitrogens with one attached hydrogen (secondary N) is 1. The molecule has 0 spiro atoms. The van der Waals surface area contributed by atoms with E-state index in [4.69, 9.17) is 41.2 Å². The first-order valence-corrected chi connectivity index (χ1v) is 10.2. The SMILES string of the molecule is N#Cc1cc(C=NNC(N)=S)ccc1N1CCN(Cc2ccc(Cl)c(Cl)c2)CC1. The number of hydrogen-bond acceptors (Lipinski definition) is 5. The van der Waals surface area contributed by atoms with Gasteiger partial charge in [-0.3, -0.25) is 10.3 Å². The summed E-state index contributed by atoms with van der Waals surface area (Å²) < 4.78 is 0. The maximum Gasteiger partial charge on any atom is 0.184 e. The molecular weight excluding hydrogens is 427 g/mol. The number of rotatable bonds is 5. The lowest BCUT2D eigenvalue weighted by Gasteiger charge is -2.36. The Labute approximate surface area is 185 Å². The van der Waals surface area contributed by atoms with Crippen LogP contribution >= 0.6 is 35.4 Å². The molecule has 1 heterocycles. The van der Waals surface area contributed by atoms with Crippen molar-refractivity contribution in [3.63, 3.8) is 0 Å². The zero-order chi connectivity index (χ0) is 20.8. The number of hydrazone groups is 1. The highest BCUT2D eigenvalue weighted by atomic mass is 35.5. The van der Waals surface area contributed by atoms with Crippen molar-refractivity contribution in [3.8, 4) is 6.07 Å². The van der Waals surface area contributed by atoms with Gasteiger partial charge in [-0.25, -0.2) is 0 Å².